The molecule has 0 saturated heterocycles. The van der Waals surface area contributed by atoms with Crippen LogP contribution in [0.1, 0.15) is 18.5 Å². The van der Waals surface area contributed by atoms with E-state index in [9.17, 15) is 10.1 Å². The standard InChI is InChI=1S/C9H13N3O2/c1-6(11-2)8-4-3-7(12(13)14)5-9(8)10/h3-6,11H,10H2,1-2H3/t6-/m1/s1. The number of nitrogen functional groups attached to an aromatic ring is 1. The molecule has 5 heteroatoms. The average molecular weight is 195 g/mol. The largest absolute Gasteiger partial charge is 0.398 e. The highest BCUT2D eigenvalue weighted by atomic mass is 16.6. The lowest BCUT2D eigenvalue weighted by molar-refractivity contribution is -0.384. The molecule has 0 aliphatic rings. The Labute approximate surface area is 82.1 Å². The Morgan fingerprint density at radius 3 is 2.64 bits per heavy atom. The highest BCUT2D eigenvalue weighted by molar-refractivity contribution is 5.55. The van der Waals surface area contributed by atoms with Gasteiger partial charge in [-0.15, -0.1) is 0 Å². The van der Waals surface area contributed by atoms with E-state index < -0.39 is 4.92 Å². The summed E-state index contributed by atoms with van der Waals surface area (Å²) < 4.78 is 0. The highest BCUT2D eigenvalue weighted by Gasteiger charge is 2.11. The van der Waals surface area contributed by atoms with E-state index in [0.29, 0.717) is 5.69 Å². The van der Waals surface area contributed by atoms with Crippen molar-refractivity contribution in [1.29, 1.82) is 0 Å². The predicted molar refractivity (Wildman–Crippen MR) is 55.0 cm³/mol. The van der Waals surface area contributed by atoms with Crippen molar-refractivity contribution < 1.29 is 4.92 Å². The summed E-state index contributed by atoms with van der Waals surface area (Å²) in [6.07, 6.45) is 0. The van der Waals surface area contributed by atoms with Crippen molar-refractivity contribution in [2.45, 2.75) is 13.0 Å². The van der Waals surface area contributed by atoms with Gasteiger partial charge in [0, 0.05) is 23.9 Å². The maximum atomic E-state index is 10.4. The second kappa shape index (κ2) is 4.06. The summed E-state index contributed by atoms with van der Waals surface area (Å²) in [5.74, 6) is 0. The Kier molecular flexibility index (Phi) is 3.03. The average Bonchev–Trinajstić information content (AvgIpc) is 2.16. The van der Waals surface area contributed by atoms with Gasteiger partial charge < -0.3 is 11.1 Å². The van der Waals surface area contributed by atoms with E-state index in [-0.39, 0.29) is 11.7 Å². The first kappa shape index (κ1) is 10.5. The molecule has 0 bridgehead atoms. The molecule has 0 aromatic heterocycles. The minimum atomic E-state index is -0.454. The van der Waals surface area contributed by atoms with E-state index in [0.717, 1.165) is 5.56 Å². The van der Waals surface area contributed by atoms with Crippen LogP contribution in [-0.4, -0.2) is 12.0 Å². The third kappa shape index (κ3) is 2.00. The number of nitro benzene ring substituents is 1. The molecule has 0 radical (unpaired) electrons. The fraction of sp³-hybridized carbons (Fsp3) is 0.333. The second-order valence-electron chi connectivity index (χ2n) is 3.08. The molecule has 0 heterocycles. The first-order valence-corrected chi connectivity index (χ1v) is 4.27. The van der Waals surface area contributed by atoms with Crippen LogP contribution in [0.15, 0.2) is 18.2 Å². The molecule has 0 unspecified atom stereocenters. The van der Waals surface area contributed by atoms with E-state index in [2.05, 4.69) is 5.32 Å². The summed E-state index contributed by atoms with van der Waals surface area (Å²) in [6.45, 7) is 1.94. The van der Waals surface area contributed by atoms with Crippen LogP contribution in [0.3, 0.4) is 0 Å². The van der Waals surface area contributed by atoms with Crippen LogP contribution in [0.25, 0.3) is 0 Å². The van der Waals surface area contributed by atoms with Crippen molar-refractivity contribution in [2.24, 2.45) is 0 Å². The van der Waals surface area contributed by atoms with Gasteiger partial charge in [0.15, 0.2) is 0 Å². The third-order valence-electron chi connectivity index (χ3n) is 2.18. The summed E-state index contributed by atoms with van der Waals surface area (Å²) >= 11 is 0. The van der Waals surface area contributed by atoms with E-state index in [1.165, 1.54) is 12.1 Å². The number of benzene rings is 1. The molecule has 1 aromatic carbocycles. The van der Waals surface area contributed by atoms with Crippen molar-refractivity contribution in [1.82, 2.24) is 5.32 Å². The molecule has 1 aromatic rings. The fourth-order valence-electron chi connectivity index (χ4n) is 1.23. The van der Waals surface area contributed by atoms with Crippen molar-refractivity contribution in [2.75, 3.05) is 12.8 Å². The lowest BCUT2D eigenvalue weighted by Crippen LogP contribution is -2.14. The second-order valence-corrected chi connectivity index (χ2v) is 3.08. The minimum Gasteiger partial charge on any atom is -0.398 e. The molecule has 0 spiro atoms. The van der Waals surface area contributed by atoms with Crippen LogP contribution in [-0.2, 0) is 0 Å². The van der Waals surface area contributed by atoms with E-state index >= 15 is 0 Å². The lowest BCUT2D eigenvalue weighted by Gasteiger charge is -2.12. The number of hydrogen-bond acceptors (Lipinski definition) is 4. The molecular weight excluding hydrogens is 182 g/mol. The van der Waals surface area contributed by atoms with Gasteiger partial charge in [-0.05, 0) is 25.6 Å². The van der Waals surface area contributed by atoms with Crippen molar-refractivity contribution in [3.8, 4) is 0 Å². The van der Waals surface area contributed by atoms with Crippen LogP contribution in [0.5, 0.6) is 0 Å². The monoisotopic (exact) mass is 195 g/mol. The van der Waals surface area contributed by atoms with Crippen molar-refractivity contribution in [3.05, 3.63) is 33.9 Å². The number of nitro groups is 1. The minimum absolute atomic E-state index is 0.0227. The number of nitrogens with two attached hydrogens (primary N) is 1. The molecule has 3 N–H and O–H groups in total. The van der Waals surface area contributed by atoms with Gasteiger partial charge in [-0.25, -0.2) is 0 Å². The third-order valence-corrected chi connectivity index (χ3v) is 2.18. The fourth-order valence-corrected chi connectivity index (χ4v) is 1.23. The van der Waals surface area contributed by atoms with Gasteiger partial charge in [0.2, 0.25) is 0 Å². The lowest BCUT2D eigenvalue weighted by atomic mass is 10.1. The SMILES string of the molecule is CN[C@H](C)c1ccc([N+](=O)[O-])cc1N. The van der Waals surface area contributed by atoms with Gasteiger partial charge in [0.25, 0.3) is 5.69 Å². The molecule has 0 amide bonds. The van der Waals surface area contributed by atoms with Gasteiger partial charge in [0.05, 0.1) is 4.92 Å². The maximum Gasteiger partial charge on any atom is 0.271 e. The zero-order valence-corrected chi connectivity index (χ0v) is 8.15. The molecule has 0 aliphatic heterocycles. The molecule has 0 saturated carbocycles. The van der Waals surface area contributed by atoms with Crippen molar-refractivity contribution >= 4 is 11.4 Å². The summed E-state index contributed by atoms with van der Waals surface area (Å²) in [5.41, 5.74) is 7.03. The molecule has 76 valence electrons. The smallest absolute Gasteiger partial charge is 0.271 e. The number of hydrogen-bond donors (Lipinski definition) is 2. The van der Waals surface area contributed by atoms with E-state index in [4.69, 9.17) is 5.73 Å². The Hall–Kier alpha value is -1.62. The van der Waals surface area contributed by atoms with Gasteiger partial charge in [-0.2, -0.15) is 0 Å². The summed E-state index contributed by atoms with van der Waals surface area (Å²) in [4.78, 5) is 9.98. The zero-order valence-electron chi connectivity index (χ0n) is 8.15. The van der Waals surface area contributed by atoms with Gasteiger partial charge in [-0.1, -0.05) is 0 Å². The zero-order chi connectivity index (χ0) is 10.7. The molecule has 1 atom stereocenters. The molecule has 14 heavy (non-hydrogen) atoms. The van der Waals surface area contributed by atoms with Crippen LogP contribution in [0, 0.1) is 10.1 Å². The molecule has 0 aliphatic carbocycles. The van der Waals surface area contributed by atoms with Crippen molar-refractivity contribution in [3.63, 3.8) is 0 Å². The van der Waals surface area contributed by atoms with Crippen LogP contribution in [0.2, 0.25) is 0 Å². The van der Waals surface area contributed by atoms with E-state index in [1.807, 2.05) is 14.0 Å². The Morgan fingerprint density at radius 2 is 2.21 bits per heavy atom. The van der Waals surface area contributed by atoms with Crippen LogP contribution < -0.4 is 11.1 Å². The number of non-ortho nitro benzene ring substituents is 1. The first-order valence-electron chi connectivity index (χ1n) is 4.27. The van der Waals surface area contributed by atoms with Gasteiger partial charge >= 0.3 is 0 Å². The highest BCUT2D eigenvalue weighted by Crippen LogP contribution is 2.24. The molecular formula is C9H13N3O2. The normalized spacial score (nSPS) is 12.4. The Balaban J connectivity index is 3.07. The van der Waals surface area contributed by atoms with Gasteiger partial charge in [-0.3, -0.25) is 10.1 Å². The maximum absolute atomic E-state index is 10.4. The Bertz CT molecular complexity index is 352. The number of nitrogens with one attached hydrogen (secondary N) is 1. The molecule has 1 rings (SSSR count). The van der Waals surface area contributed by atoms with Crippen LogP contribution >= 0.6 is 0 Å². The summed E-state index contributed by atoms with van der Waals surface area (Å²) in [5, 5.41) is 13.5. The topological polar surface area (TPSA) is 81.2 Å². The Morgan fingerprint density at radius 1 is 1.57 bits per heavy atom. The number of anilines is 1. The molecule has 5 nitrogen and oxygen atoms in total. The summed E-state index contributed by atoms with van der Waals surface area (Å²) in [7, 11) is 1.81. The summed E-state index contributed by atoms with van der Waals surface area (Å²) in [6, 6.07) is 4.60. The number of rotatable bonds is 3. The quantitative estimate of drug-likeness (QED) is 0.434. The predicted octanol–water partition coefficient (Wildman–Crippen LogP) is 1.46. The van der Waals surface area contributed by atoms with Crippen LogP contribution in [0.4, 0.5) is 11.4 Å². The molecule has 0 fully saturated rings. The first-order chi connectivity index (χ1) is 6.56. The number of nitrogens with zero attached hydrogens (tertiary/aromatic N) is 1. The van der Waals surface area contributed by atoms with E-state index in [1.54, 1.807) is 6.07 Å². The van der Waals surface area contributed by atoms with Gasteiger partial charge in [0.1, 0.15) is 0 Å².